The van der Waals surface area contributed by atoms with E-state index in [4.69, 9.17) is 0 Å². The summed E-state index contributed by atoms with van der Waals surface area (Å²) in [6, 6.07) is 76.8. The Hall–Kier alpha value is -7.28. The number of hydrogen-bond acceptors (Lipinski definition) is 0. The maximum atomic E-state index is 2.52. The van der Waals surface area contributed by atoms with Gasteiger partial charge in [0.1, 0.15) is 0 Å². The van der Waals surface area contributed by atoms with E-state index in [2.05, 4.69) is 206 Å². The summed E-state index contributed by atoms with van der Waals surface area (Å²) < 4.78 is 0. The summed E-state index contributed by atoms with van der Waals surface area (Å²) in [6.07, 6.45) is 0. The van der Waals surface area contributed by atoms with Gasteiger partial charge in [0.05, 0.1) is 0 Å². The fourth-order valence-electron chi connectivity index (χ4n) is 9.57. The second-order valence-corrected chi connectivity index (χ2v) is 15.2. The van der Waals surface area contributed by atoms with Gasteiger partial charge >= 0.3 is 0 Å². The van der Waals surface area contributed by atoms with Crippen molar-refractivity contribution in [3.8, 4) is 55.6 Å². The van der Waals surface area contributed by atoms with Crippen molar-refractivity contribution in [1.82, 2.24) is 0 Å². The molecule has 0 saturated heterocycles. The maximum absolute atomic E-state index is 2.52. The first-order chi connectivity index (χ1) is 27.8. The fraction of sp³-hybridized carbons (Fsp3) is 0. The Kier molecular flexibility index (Phi) is 6.73. The second kappa shape index (κ2) is 12.1. The van der Waals surface area contributed by atoms with E-state index in [1.54, 1.807) is 0 Å². The molecule has 258 valence electrons. The summed E-state index contributed by atoms with van der Waals surface area (Å²) >= 11 is 0. The smallest absolute Gasteiger partial charge is 0.00199 e. The molecule has 0 aliphatic heterocycles. The van der Waals surface area contributed by atoms with Crippen molar-refractivity contribution >= 4 is 64.6 Å². The number of benzene rings is 12. The molecule has 0 heterocycles. The van der Waals surface area contributed by atoms with Gasteiger partial charge in [0, 0.05) is 0 Å². The zero-order chi connectivity index (χ0) is 36.7. The molecule has 0 radical (unpaired) electrons. The third-order valence-electron chi connectivity index (χ3n) is 12.1. The summed E-state index contributed by atoms with van der Waals surface area (Å²) in [7, 11) is 0. The van der Waals surface area contributed by atoms with Crippen molar-refractivity contribution in [2.24, 2.45) is 0 Å². The molecule has 0 heteroatoms. The normalized spacial score (nSPS) is 11.9. The zero-order valence-electron chi connectivity index (χ0n) is 30.6. The lowest BCUT2D eigenvalue weighted by Gasteiger charge is -2.22. The third kappa shape index (κ3) is 4.66. The molecule has 0 aliphatic rings. The fourth-order valence-corrected chi connectivity index (χ4v) is 9.57. The topological polar surface area (TPSA) is 0 Å². The molecule has 0 bridgehead atoms. The molecule has 56 heavy (non-hydrogen) atoms. The average Bonchev–Trinajstić information content (AvgIpc) is 3.28. The van der Waals surface area contributed by atoms with Crippen LogP contribution in [-0.4, -0.2) is 0 Å². The predicted molar refractivity (Wildman–Crippen MR) is 241 cm³/mol. The molecule has 12 aromatic carbocycles. The molecular formula is C56H34. The van der Waals surface area contributed by atoms with Crippen LogP contribution in [-0.2, 0) is 0 Å². The number of rotatable bonds is 5. The van der Waals surface area contributed by atoms with E-state index in [9.17, 15) is 0 Å². The van der Waals surface area contributed by atoms with E-state index in [-0.39, 0.29) is 0 Å². The van der Waals surface area contributed by atoms with E-state index >= 15 is 0 Å². The molecule has 0 N–H and O–H groups in total. The van der Waals surface area contributed by atoms with Crippen molar-refractivity contribution < 1.29 is 0 Å². The Morgan fingerprint density at radius 3 is 0.875 bits per heavy atom. The van der Waals surface area contributed by atoms with Gasteiger partial charge in [-0.25, -0.2) is 0 Å². The first-order valence-corrected chi connectivity index (χ1v) is 19.5. The molecule has 0 saturated carbocycles. The van der Waals surface area contributed by atoms with Crippen LogP contribution in [0.15, 0.2) is 206 Å². The van der Waals surface area contributed by atoms with E-state index < -0.39 is 0 Å². The van der Waals surface area contributed by atoms with E-state index in [0.29, 0.717) is 0 Å². The van der Waals surface area contributed by atoms with Gasteiger partial charge < -0.3 is 0 Å². The summed E-state index contributed by atoms with van der Waals surface area (Å²) in [6.45, 7) is 0. The van der Waals surface area contributed by atoms with Gasteiger partial charge in [-0.05, 0) is 157 Å². The molecule has 0 unspecified atom stereocenters. The quantitative estimate of drug-likeness (QED) is 0.156. The SMILES string of the molecule is c1ccc(-c2cc3ccc4ccc(-c5ccccc5)c5cc(-c6cc7c(-c8ccccc8)ccc8ccc9cc(-c%10ccccc%10)cc6c9c87)c(c2)c3c45)cc1. The highest BCUT2D eigenvalue weighted by molar-refractivity contribution is 6.33. The second-order valence-electron chi connectivity index (χ2n) is 15.2. The molecular weight excluding hydrogens is 673 g/mol. The van der Waals surface area contributed by atoms with E-state index in [0.717, 1.165) is 0 Å². The van der Waals surface area contributed by atoms with E-state index in [1.165, 1.54) is 120 Å². The molecule has 12 rings (SSSR count). The first kappa shape index (κ1) is 31.1. The van der Waals surface area contributed by atoms with Crippen molar-refractivity contribution in [1.29, 1.82) is 0 Å². The molecule has 0 nitrogen and oxygen atoms in total. The first-order valence-electron chi connectivity index (χ1n) is 19.5. The van der Waals surface area contributed by atoms with Gasteiger partial charge in [0.25, 0.3) is 0 Å². The monoisotopic (exact) mass is 706 g/mol. The van der Waals surface area contributed by atoms with Crippen LogP contribution in [0.1, 0.15) is 0 Å². The Labute approximate surface area is 325 Å². The molecule has 0 aliphatic carbocycles. The average molecular weight is 707 g/mol. The van der Waals surface area contributed by atoms with Crippen LogP contribution in [0.25, 0.3) is 120 Å². The van der Waals surface area contributed by atoms with Crippen molar-refractivity contribution in [3.05, 3.63) is 206 Å². The highest BCUT2D eigenvalue weighted by atomic mass is 14.3. The largest absolute Gasteiger partial charge is 0.0622 e. The van der Waals surface area contributed by atoms with Crippen LogP contribution in [0, 0.1) is 0 Å². The molecule has 0 atom stereocenters. The number of hydrogen-bond donors (Lipinski definition) is 0. The van der Waals surface area contributed by atoms with Gasteiger partial charge in [-0.3, -0.25) is 0 Å². The van der Waals surface area contributed by atoms with Crippen LogP contribution in [0.4, 0.5) is 0 Å². The Morgan fingerprint density at radius 1 is 0.179 bits per heavy atom. The highest BCUT2D eigenvalue weighted by Crippen LogP contribution is 2.50. The Bertz CT molecular complexity index is 3180. The molecule has 0 amide bonds. The van der Waals surface area contributed by atoms with Gasteiger partial charge in [0.15, 0.2) is 0 Å². The lowest BCUT2D eigenvalue weighted by atomic mass is 9.81. The van der Waals surface area contributed by atoms with E-state index in [1.807, 2.05) is 0 Å². The van der Waals surface area contributed by atoms with Crippen LogP contribution in [0.5, 0.6) is 0 Å². The summed E-state index contributed by atoms with van der Waals surface area (Å²) in [5.74, 6) is 0. The van der Waals surface area contributed by atoms with Crippen molar-refractivity contribution in [3.63, 3.8) is 0 Å². The van der Waals surface area contributed by atoms with Crippen molar-refractivity contribution in [2.75, 3.05) is 0 Å². The summed E-state index contributed by atoms with van der Waals surface area (Å²) in [5.41, 5.74) is 12.4. The summed E-state index contributed by atoms with van der Waals surface area (Å²) in [5, 5.41) is 15.5. The molecule has 12 aromatic rings. The highest BCUT2D eigenvalue weighted by Gasteiger charge is 2.22. The van der Waals surface area contributed by atoms with Crippen LogP contribution < -0.4 is 0 Å². The Balaban J connectivity index is 1.30. The lowest BCUT2D eigenvalue weighted by molar-refractivity contribution is 1.64. The minimum Gasteiger partial charge on any atom is -0.0622 e. The third-order valence-corrected chi connectivity index (χ3v) is 12.1. The van der Waals surface area contributed by atoms with Crippen LogP contribution in [0.2, 0.25) is 0 Å². The van der Waals surface area contributed by atoms with Crippen LogP contribution in [0.3, 0.4) is 0 Å². The Morgan fingerprint density at radius 2 is 0.482 bits per heavy atom. The lowest BCUT2D eigenvalue weighted by Crippen LogP contribution is -1.95. The van der Waals surface area contributed by atoms with Gasteiger partial charge in [-0.1, -0.05) is 170 Å². The standard InChI is InChI=1S/C56H34/c1-5-13-35(14-6-1)43-29-41-23-21-39-25-27-45(37-17-9-3-10-18-37)51-33-47(49(31-43)55(41)53(39)51)48-34-52-46(38-19-11-4-12-20-38)28-26-40-22-24-42-30-44(36-15-7-2-8-16-36)32-50(48)56(42)54(40)52/h1-34H. The van der Waals surface area contributed by atoms with Gasteiger partial charge in [-0.2, -0.15) is 0 Å². The maximum Gasteiger partial charge on any atom is -0.00199 e. The summed E-state index contributed by atoms with van der Waals surface area (Å²) in [4.78, 5) is 0. The molecule has 0 fully saturated rings. The van der Waals surface area contributed by atoms with Gasteiger partial charge in [-0.15, -0.1) is 0 Å². The zero-order valence-corrected chi connectivity index (χ0v) is 30.6. The van der Waals surface area contributed by atoms with Crippen LogP contribution >= 0.6 is 0 Å². The van der Waals surface area contributed by atoms with Crippen molar-refractivity contribution in [2.45, 2.75) is 0 Å². The minimum atomic E-state index is 1.22. The minimum absolute atomic E-state index is 1.22. The molecule has 0 spiro atoms. The predicted octanol–water partition coefficient (Wildman–Crippen LogP) is 15.8. The van der Waals surface area contributed by atoms with Gasteiger partial charge in [0.2, 0.25) is 0 Å². The molecule has 0 aromatic heterocycles.